The number of nitrogens with zero attached hydrogens (tertiary/aromatic N) is 2. The average molecular weight is 369 g/mol. The van der Waals surface area contributed by atoms with Crippen LogP contribution in [-0.4, -0.2) is 41.4 Å². The molecular weight excluding hydrogens is 348 g/mol. The highest BCUT2D eigenvalue weighted by atomic mass is 35.5. The fourth-order valence-electron chi connectivity index (χ4n) is 2.55. The zero-order valence-electron chi connectivity index (χ0n) is 13.8. The topological polar surface area (TPSA) is 128 Å². The predicted molar refractivity (Wildman–Crippen MR) is 93.8 cm³/mol. The molecular formula is C16H21ClN4O4. The van der Waals surface area contributed by atoms with Crippen LogP contribution in [0.5, 0.6) is 0 Å². The number of nitrogens with two attached hydrogens (primary N) is 2. The molecule has 25 heavy (non-hydrogen) atoms. The Labute approximate surface area is 151 Å². The highest BCUT2D eigenvalue weighted by Gasteiger charge is 2.52. The highest BCUT2D eigenvalue weighted by molar-refractivity contribution is 6.09. The van der Waals surface area contributed by atoms with Crippen molar-refractivity contribution in [3.05, 3.63) is 35.9 Å². The average Bonchev–Trinajstić information content (AvgIpc) is 2.54. The van der Waals surface area contributed by atoms with Gasteiger partial charge in [0.15, 0.2) is 12.2 Å². The number of guanidine groups is 1. The molecule has 1 aliphatic rings. The predicted octanol–water partition coefficient (Wildman–Crippen LogP) is 0.650. The van der Waals surface area contributed by atoms with Crippen LogP contribution in [0.25, 0.3) is 0 Å². The van der Waals surface area contributed by atoms with Crippen molar-refractivity contribution in [2.45, 2.75) is 26.0 Å². The van der Waals surface area contributed by atoms with Gasteiger partial charge in [-0.15, -0.1) is 12.4 Å². The number of hydrogen-bond acceptors (Lipinski definition) is 5. The Hall–Kier alpha value is -2.61. The maximum Gasteiger partial charge on any atom is 0.304 e. The molecule has 0 aromatic heterocycles. The summed E-state index contributed by atoms with van der Waals surface area (Å²) in [4.78, 5) is 40.9. The lowest BCUT2D eigenvalue weighted by atomic mass is 9.89. The normalized spacial score (nSPS) is 18.6. The number of rotatable bonds is 6. The van der Waals surface area contributed by atoms with E-state index in [0.717, 1.165) is 4.90 Å². The molecule has 2 atom stereocenters. The number of esters is 1. The van der Waals surface area contributed by atoms with Crippen LogP contribution in [0.2, 0.25) is 0 Å². The van der Waals surface area contributed by atoms with Gasteiger partial charge in [-0.05, 0) is 25.0 Å². The van der Waals surface area contributed by atoms with E-state index in [1.165, 1.54) is 6.92 Å². The summed E-state index contributed by atoms with van der Waals surface area (Å²) in [6.07, 6.45) is 0.0767. The Morgan fingerprint density at radius 3 is 2.44 bits per heavy atom. The highest BCUT2D eigenvalue weighted by Crippen LogP contribution is 2.33. The first-order chi connectivity index (χ1) is 11.4. The molecule has 2 rings (SSSR count). The minimum absolute atomic E-state index is 0. The lowest BCUT2D eigenvalue weighted by molar-refractivity contribution is -0.189. The summed E-state index contributed by atoms with van der Waals surface area (Å²) >= 11 is 0. The van der Waals surface area contributed by atoms with Gasteiger partial charge in [0.1, 0.15) is 0 Å². The summed E-state index contributed by atoms with van der Waals surface area (Å²) in [5, 5.41) is 0. The van der Waals surface area contributed by atoms with Crippen LogP contribution in [0.4, 0.5) is 0 Å². The van der Waals surface area contributed by atoms with Gasteiger partial charge in [-0.25, -0.2) is 4.90 Å². The maximum absolute atomic E-state index is 12.5. The first-order valence-corrected chi connectivity index (χ1v) is 7.57. The van der Waals surface area contributed by atoms with Crippen LogP contribution in [0.15, 0.2) is 35.3 Å². The van der Waals surface area contributed by atoms with E-state index in [4.69, 9.17) is 16.2 Å². The molecule has 2 unspecified atom stereocenters. The number of hydrogen-bond donors (Lipinski definition) is 2. The summed E-state index contributed by atoms with van der Waals surface area (Å²) in [6.45, 7) is 1.61. The second kappa shape index (κ2) is 9.03. The number of halogens is 1. The van der Waals surface area contributed by atoms with Crippen LogP contribution >= 0.6 is 12.4 Å². The number of carbonyl (C=O) groups is 3. The lowest BCUT2D eigenvalue weighted by Gasteiger charge is -2.44. The third kappa shape index (κ3) is 4.93. The summed E-state index contributed by atoms with van der Waals surface area (Å²) in [5.41, 5.74) is 10.8. The first kappa shape index (κ1) is 20.4. The fraction of sp³-hybridized carbons (Fsp3) is 0.375. The molecule has 9 heteroatoms. The molecule has 1 aliphatic heterocycles. The zero-order chi connectivity index (χ0) is 17.7. The van der Waals surface area contributed by atoms with Gasteiger partial charge in [0.05, 0.1) is 5.92 Å². The number of likely N-dealkylation sites (tertiary alicyclic amines) is 1. The van der Waals surface area contributed by atoms with Crippen molar-refractivity contribution in [2.24, 2.45) is 22.4 Å². The van der Waals surface area contributed by atoms with Crippen molar-refractivity contribution in [2.75, 3.05) is 6.54 Å². The number of amides is 2. The SMILES string of the molecule is CC(=O)OC1C(CCCN=C(N)N)C(=O)N1C(=O)c1ccccc1.Cl. The molecule has 136 valence electrons. The quantitative estimate of drug-likeness (QED) is 0.189. The molecule has 0 spiro atoms. The molecule has 0 saturated carbocycles. The van der Waals surface area contributed by atoms with E-state index >= 15 is 0 Å². The van der Waals surface area contributed by atoms with E-state index in [2.05, 4.69) is 4.99 Å². The smallest absolute Gasteiger partial charge is 0.304 e. The Morgan fingerprint density at radius 2 is 1.88 bits per heavy atom. The van der Waals surface area contributed by atoms with Gasteiger partial charge in [-0.3, -0.25) is 19.4 Å². The van der Waals surface area contributed by atoms with Crippen molar-refractivity contribution in [1.82, 2.24) is 4.90 Å². The van der Waals surface area contributed by atoms with Gasteiger partial charge in [-0.1, -0.05) is 18.2 Å². The van der Waals surface area contributed by atoms with Gasteiger partial charge in [0, 0.05) is 19.0 Å². The number of imide groups is 1. The molecule has 1 fully saturated rings. The third-order valence-corrected chi connectivity index (χ3v) is 3.65. The van der Waals surface area contributed by atoms with Gasteiger partial charge < -0.3 is 16.2 Å². The van der Waals surface area contributed by atoms with E-state index in [-0.39, 0.29) is 24.3 Å². The van der Waals surface area contributed by atoms with Crippen LogP contribution in [0.1, 0.15) is 30.1 Å². The molecule has 1 aromatic rings. The molecule has 8 nitrogen and oxygen atoms in total. The number of carbonyl (C=O) groups excluding carboxylic acids is 3. The van der Waals surface area contributed by atoms with E-state index in [1.54, 1.807) is 30.3 Å². The molecule has 0 radical (unpaired) electrons. The van der Waals surface area contributed by atoms with Crippen molar-refractivity contribution < 1.29 is 19.1 Å². The Balaban J connectivity index is 0.00000312. The first-order valence-electron chi connectivity index (χ1n) is 7.57. The van der Waals surface area contributed by atoms with E-state index in [1.807, 2.05) is 0 Å². The van der Waals surface area contributed by atoms with Gasteiger partial charge >= 0.3 is 5.97 Å². The van der Waals surface area contributed by atoms with Crippen molar-refractivity contribution in [3.8, 4) is 0 Å². The van der Waals surface area contributed by atoms with Crippen molar-refractivity contribution in [1.29, 1.82) is 0 Å². The monoisotopic (exact) mass is 368 g/mol. The number of β-lactam (4-membered cyclic amide) rings is 1. The Bertz CT molecular complexity index is 661. The molecule has 0 aliphatic carbocycles. The van der Waals surface area contributed by atoms with Crippen molar-refractivity contribution >= 4 is 36.2 Å². The summed E-state index contributed by atoms with van der Waals surface area (Å²) in [5.74, 6) is -1.97. The van der Waals surface area contributed by atoms with Gasteiger partial charge in [0.2, 0.25) is 5.91 Å². The number of benzene rings is 1. The fourth-order valence-corrected chi connectivity index (χ4v) is 2.55. The zero-order valence-corrected chi connectivity index (χ0v) is 14.6. The van der Waals surface area contributed by atoms with Crippen LogP contribution < -0.4 is 11.5 Å². The summed E-state index contributed by atoms with van der Waals surface area (Å²) in [7, 11) is 0. The Morgan fingerprint density at radius 1 is 1.24 bits per heavy atom. The van der Waals surface area contributed by atoms with Crippen molar-refractivity contribution in [3.63, 3.8) is 0 Å². The molecule has 0 bridgehead atoms. The molecule has 1 aromatic carbocycles. The number of ether oxygens (including phenoxy) is 1. The summed E-state index contributed by atoms with van der Waals surface area (Å²) < 4.78 is 5.16. The van der Waals surface area contributed by atoms with Gasteiger partial charge in [-0.2, -0.15) is 0 Å². The molecule has 1 saturated heterocycles. The minimum Gasteiger partial charge on any atom is -0.440 e. The van der Waals surface area contributed by atoms with Crippen LogP contribution in [-0.2, 0) is 14.3 Å². The maximum atomic E-state index is 12.5. The molecule has 1 heterocycles. The molecule has 2 amide bonds. The largest absolute Gasteiger partial charge is 0.440 e. The lowest BCUT2D eigenvalue weighted by Crippen LogP contribution is -2.64. The van der Waals surface area contributed by atoms with Crippen LogP contribution in [0, 0.1) is 5.92 Å². The second-order valence-corrected chi connectivity index (χ2v) is 5.43. The van der Waals surface area contributed by atoms with E-state index < -0.39 is 24.0 Å². The van der Waals surface area contributed by atoms with E-state index in [9.17, 15) is 14.4 Å². The number of aliphatic imine (C=N–C) groups is 1. The minimum atomic E-state index is -0.887. The van der Waals surface area contributed by atoms with Gasteiger partial charge in [0.25, 0.3) is 5.91 Å². The second-order valence-electron chi connectivity index (χ2n) is 5.43. The van der Waals surface area contributed by atoms with Crippen LogP contribution in [0.3, 0.4) is 0 Å². The Kier molecular flexibility index (Phi) is 7.38. The summed E-state index contributed by atoms with van der Waals surface area (Å²) in [6, 6.07) is 8.37. The third-order valence-electron chi connectivity index (χ3n) is 3.65. The molecule has 4 N–H and O–H groups in total. The standard InChI is InChI=1S/C16H20N4O4.ClH/c1-10(21)24-15-12(8-5-9-19-16(17)18)14(23)20(15)13(22)11-6-3-2-4-7-11;/h2-4,6-7,12,15H,5,8-9H2,1H3,(H4,17,18,19);1H. The van der Waals surface area contributed by atoms with E-state index in [0.29, 0.717) is 24.9 Å².